The van der Waals surface area contributed by atoms with Crippen molar-refractivity contribution in [2.75, 3.05) is 0 Å². The molecule has 2 aliphatic rings. The van der Waals surface area contributed by atoms with E-state index in [0.717, 1.165) is 119 Å². The molecule has 5 aromatic heterocycles. The summed E-state index contributed by atoms with van der Waals surface area (Å²) in [6.45, 7) is 0. The number of rotatable bonds is 6. The van der Waals surface area contributed by atoms with Crippen molar-refractivity contribution < 1.29 is 4.42 Å². The van der Waals surface area contributed by atoms with Crippen LogP contribution in [0.5, 0.6) is 0 Å². The Labute approximate surface area is 402 Å². The summed E-state index contributed by atoms with van der Waals surface area (Å²) in [7, 11) is 0. The molecule has 7 heteroatoms. The highest BCUT2D eigenvalue weighted by Gasteiger charge is 2.36. The van der Waals surface area contributed by atoms with E-state index in [1.54, 1.807) is 0 Å². The number of benzene rings is 6. The summed E-state index contributed by atoms with van der Waals surface area (Å²) >= 11 is 0. The van der Waals surface area contributed by atoms with Crippen LogP contribution in [0.4, 0.5) is 0 Å². The summed E-state index contributed by atoms with van der Waals surface area (Å²) in [5, 5.41) is 6.29. The maximum atomic E-state index is 7.46. The van der Waals surface area contributed by atoms with Crippen LogP contribution in [0.15, 0.2) is 174 Å². The zero-order valence-corrected chi connectivity index (χ0v) is 37.7. The Bertz CT molecular complexity index is 4150. The minimum Gasteiger partial charge on any atom is -0.455 e. The Morgan fingerprint density at radius 2 is 0.943 bits per heavy atom. The highest BCUT2D eigenvalue weighted by Crippen LogP contribution is 2.52. The third-order valence-electron chi connectivity index (χ3n) is 14.3. The SMILES string of the molecule is c1ccc2c3ccccc3n(-c3c(-n4c5c(c6c4CCC=C6)C=CCC5)c(-n4c5c#cccc5c5ccccc54)c4c(oc5ccccc54)c3-c3nc(-c4ccccc4)nc(-c4ccccc4)n3)c2c#1. The largest absolute Gasteiger partial charge is 0.455 e. The van der Waals surface area contributed by atoms with Crippen molar-refractivity contribution >= 4 is 77.7 Å². The molecule has 0 saturated heterocycles. The number of nitrogens with zero attached hydrogens (tertiary/aromatic N) is 6. The molecule has 15 rings (SSSR count). The zero-order chi connectivity index (χ0) is 45.9. The molecule has 0 fully saturated rings. The fourth-order valence-corrected chi connectivity index (χ4v) is 11.4. The van der Waals surface area contributed by atoms with Crippen molar-refractivity contribution in [2.45, 2.75) is 25.7 Å². The lowest BCUT2D eigenvalue weighted by atomic mass is 9.97. The molecule has 0 spiro atoms. The van der Waals surface area contributed by atoms with Crippen molar-refractivity contribution in [1.82, 2.24) is 28.7 Å². The van der Waals surface area contributed by atoms with Crippen molar-refractivity contribution in [3.8, 4) is 51.2 Å². The summed E-state index contributed by atoms with van der Waals surface area (Å²) in [5.74, 6) is 1.61. The molecular formula is C63H38N6O. The van der Waals surface area contributed by atoms with Gasteiger partial charge < -0.3 is 8.98 Å². The number of hydrogen-bond acceptors (Lipinski definition) is 4. The van der Waals surface area contributed by atoms with Gasteiger partial charge in [0.15, 0.2) is 23.1 Å². The van der Waals surface area contributed by atoms with E-state index in [-0.39, 0.29) is 0 Å². The minimum absolute atomic E-state index is 0.488. The number of allylic oxidation sites excluding steroid dienone is 2. The lowest BCUT2D eigenvalue weighted by Gasteiger charge is -2.27. The third-order valence-corrected chi connectivity index (χ3v) is 14.3. The van der Waals surface area contributed by atoms with Gasteiger partial charge in [-0.15, -0.1) is 0 Å². The average molecular weight is 895 g/mol. The van der Waals surface area contributed by atoms with Gasteiger partial charge in [0.25, 0.3) is 0 Å². The van der Waals surface area contributed by atoms with Crippen molar-refractivity contribution in [2.24, 2.45) is 0 Å². The lowest BCUT2D eigenvalue weighted by Crippen LogP contribution is -2.16. The molecule has 0 saturated carbocycles. The second kappa shape index (κ2) is 15.0. The zero-order valence-electron chi connectivity index (χ0n) is 37.7. The Balaban J connectivity index is 1.27. The van der Waals surface area contributed by atoms with Crippen LogP contribution in [-0.4, -0.2) is 28.7 Å². The van der Waals surface area contributed by atoms with Crippen LogP contribution < -0.4 is 0 Å². The van der Waals surface area contributed by atoms with E-state index in [2.05, 4.69) is 165 Å². The monoisotopic (exact) mass is 894 g/mol. The summed E-state index contributed by atoms with van der Waals surface area (Å²) in [4.78, 5) is 16.4. The van der Waals surface area contributed by atoms with Gasteiger partial charge in [0.1, 0.15) is 16.6 Å². The molecular weight excluding hydrogens is 857 g/mol. The van der Waals surface area contributed by atoms with Crippen LogP contribution >= 0.6 is 0 Å². The molecule has 0 amide bonds. The van der Waals surface area contributed by atoms with Gasteiger partial charge in [-0.25, -0.2) is 15.0 Å². The second-order valence-electron chi connectivity index (χ2n) is 18.1. The highest BCUT2D eigenvalue weighted by molar-refractivity contribution is 6.21. The molecule has 326 valence electrons. The van der Waals surface area contributed by atoms with Crippen LogP contribution in [0.1, 0.15) is 35.4 Å². The van der Waals surface area contributed by atoms with Gasteiger partial charge in [0, 0.05) is 60.6 Å². The normalized spacial score (nSPS) is 13.1. The Hall–Kier alpha value is -9.43. The molecule has 0 bridgehead atoms. The van der Waals surface area contributed by atoms with Crippen molar-refractivity contribution in [1.29, 1.82) is 0 Å². The summed E-state index contributed by atoms with van der Waals surface area (Å²) < 4.78 is 14.9. The quantitative estimate of drug-likeness (QED) is 0.167. The minimum atomic E-state index is 0.488. The van der Waals surface area contributed by atoms with E-state index in [1.807, 2.05) is 54.6 Å². The van der Waals surface area contributed by atoms with Gasteiger partial charge in [-0.3, -0.25) is 9.13 Å². The van der Waals surface area contributed by atoms with E-state index in [9.17, 15) is 0 Å². The number of para-hydroxylation sites is 3. The molecule has 0 radical (unpaired) electrons. The smallest absolute Gasteiger partial charge is 0.170 e. The van der Waals surface area contributed by atoms with Crippen LogP contribution in [-0.2, 0) is 12.8 Å². The molecule has 0 aliphatic heterocycles. The predicted molar refractivity (Wildman–Crippen MR) is 281 cm³/mol. The first-order valence-corrected chi connectivity index (χ1v) is 23.9. The van der Waals surface area contributed by atoms with Crippen molar-refractivity contribution in [3.63, 3.8) is 0 Å². The van der Waals surface area contributed by atoms with Gasteiger partial charge in [0.2, 0.25) is 0 Å². The van der Waals surface area contributed by atoms with Crippen LogP contribution in [0.2, 0.25) is 0 Å². The molecule has 70 heavy (non-hydrogen) atoms. The van der Waals surface area contributed by atoms with E-state index in [1.165, 1.54) is 22.5 Å². The van der Waals surface area contributed by atoms with Crippen LogP contribution in [0, 0.1) is 24.3 Å². The van der Waals surface area contributed by atoms with Gasteiger partial charge in [-0.05, 0) is 80.3 Å². The molecule has 0 atom stereocenters. The molecule has 7 nitrogen and oxygen atoms in total. The van der Waals surface area contributed by atoms with Crippen LogP contribution in [0.25, 0.3) is 129 Å². The van der Waals surface area contributed by atoms with E-state index in [4.69, 9.17) is 19.4 Å². The number of furan rings is 1. The number of hydrogen-bond donors (Lipinski definition) is 0. The Morgan fingerprint density at radius 3 is 1.53 bits per heavy atom. The number of fused-ring (bicyclic) bond motifs is 12. The molecule has 0 N–H and O–H groups in total. The van der Waals surface area contributed by atoms with E-state index < -0.39 is 0 Å². The fourth-order valence-electron chi connectivity index (χ4n) is 11.4. The standard InChI is InChI=1S/C63H38N6O/c1-3-21-39(22-4-1)61-64-62(40-23-5-2-6-24-40)66-63(65-61)56-58(68-50-34-16-9-27-43(50)44-28-10-17-35-51(44)68)59(69-52-36-18-11-29-45(52)46-30-12-19-37-53(46)69)57(55-47-31-13-20-38-54(47)70-60(55)56)67-48-32-14-7-25-41(48)42-26-8-15-33-49(42)67/h1-14,16,20-32,34,38H,18-19,36-37H2. The molecule has 2 aliphatic carbocycles. The second-order valence-corrected chi connectivity index (χ2v) is 18.1. The highest BCUT2D eigenvalue weighted by atomic mass is 16.3. The maximum absolute atomic E-state index is 7.46. The lowest BCUT2D eigenvalue weighted by molar-refractivity contribution is 0.668. The van der Waals surface area contributed by atoms with Gasteiger partial charge in [-0.1, -0.05) is 152 Å². The first-order valence-electron chi connectivity index (χ1n) is 23.9. The molecule has 0 unspecified atom stereocenters. The van der Waals surface area contributed by atoms with E-state index in [0.29, 0.717) is 23.1 Å². The van der Waals surface area contributed by atoms with Gasteiger partial charge in [-0.2, -0.15) is 0 Å². The molecule has 5 heterocycles. The maximum Gasteiger partial charge on any atom is 0.170 e. The van der Waals surface area contributed by atoms with Crippen LogP contribution in [0.3, 0.4) is 0 Å². The molecule has 8 aromatic carbocycles. The third kappa shape index (κ3) is 5.52. The molecule has 13 aromatic rings. The fraction of sp³-hybridized carbons (Fsp3) is 0.0635. The summed E-state index contributed by atoms with van der Waals surface area (Å²) in [6, 6.07) is 68.5. The van der Waals surface area contributed by atoms with Gasteiger partial charge in [0.05, 0.1) is 39.0 Å². The number of aromatic nitrogens is 6. The summed E-state index contributed by atoms with van der Waals surface area (Å²) in [5.41, 5.74) is 15.6. The van der Waals surface area contributed by atoms with Crippen molar-refractivity contribution in [3.05, 3.63) is 217 Å². The average Bonchev–Trinajstić information content (AvgIpc) is 4.17. The Kier molecular flexibility index (Phi) is 8.30. The Morgan fingerprint density at radius 1 is 0.443 bits per heavy atom. The predicted octanol–water partition coefficient (Wildman–Crippen LogP) is 14.9. The topological polar surface area (TPSA) is 66.6 Å². The summed E-state index contributed by atoms with van der Waals surface area (Å²) in [6.07, 6.45) is 12.9. The first kappa shape index (κ1) is 38.7. The van der Waals surface area contributed by atoms with Gasteiger partial charge >= 0.3 is 0 Å². The first-order chi connectivity index (χ1) is 34.8. The van der Waals surface area contributed by atoms with E-state index >= 15 is 0 Å².